The highest BCUT2D eigenvalue weighted by atomic mass is 16.6. The number of amides is 1. The van der Waals surface area contributed by atoms with Gasteiger partial charge in [-0.3, -0.25) is 5.32 Å². The minimum atomic E-state index is -0.503. The Hall–Kier alpha value is -1.62. The molecule has 5 heteroatoms. The quantitative estimate of drug-likeness (QED) is 0.791. The molecule has 1 amide bonds. The Kier molecular flexibility index (Phi) is 3.84. The van der Waals surface area contributed by atoms with Gasteiger partial charge < -0.3 is 10.5 Å². The molecule has 1 heterocycles. The number of hydrogen-bond acceptors (Lipinski definition) is 3. The Morgan fingerprint density at radius 3 is 2.62 bits per heavy atom. The van der Waals surface area contributed by atoms with Crippen molar-refractivity contribution in [1.29, 1.82) is 0 Å². The zero-order chi connectivity index (χ0) is 12.2. The largest absolute Gasteiger partial charge is 0.444 e. The predicted octanol–water partition coefficient (Wildman–Crippen LogP) is 1.17. The van der Waals surface area contributed by atoms with Gasteiger partial charge >= 0.3 is 6.09 Å². The van der Waals surface area contributed by atoms with Gasteiger partial charge in [-0.15, -0.1) is 0 Å². The van der Waals surface area contributed by atoms with E-state index in [9.17, 15) is 4.79 Å². The van der Waals surface area contributed by atoms with Crippen molar-refractivity contribution in [2.45, 2.75) is 32.9 Å². The van der Waals surface area contributed by atoms with Crippen LogP contribution >= 0.6 is 0 Å². The van der Waals surface area contributed by atoms with Crippen LogP contribution in [0.1, 0.15) is 26.3 Å². The molecular formula is C11H18N3O2+. The van der Waals surface area contributed by atoms with E-state index in [1.54, 1.807) is 12.3 Å². The third-order valence-electron chi connectivity index (χ3n) is 1.74. The fraction of sp³-hybridized carbons (Fsp3) is 0.455. The second-order valence-corrected chi connectivity index (χ2v) is 4.43. The first-order valence-electron chi connectivity index (χ1n) is 5.15. The summed E-state index contributed by atoms with van der Waals surface area (Å²) in [5, 5.41) is 2.56. The number of nitrogens with zero attached hydrogens (tertiary/aromatic N) is 1. The molecule has 0 atom stereocenters. The van der Waals surface area contributed by atoms with Crippen LogP contribution in [0.15, 0.2) is 18.3 Å². The van der Waals surface area contributed by atoms with Gasteiger partial charge in [0.1, 0.15) is 18.0 Å². The van der Waals surface area contributed by atoms with Crippen molar-refractivity contribution in [3.8, 4) is 0 Å². The summed E-state index contributed by atoms with van der Waals surface area (Å²) in [6.07, 6.45) is 1.18. The summed E-state index contributed by atoms with van der Waals surface area (Å²) in [5.41, 5.74) is 4.26. The summed E-state index contributed by atoms with van der Waals surface area (Å²) in [5.74, 6) is 0.478. The molecule has 4 N–H and O–H groups in total. The lowest BCUT2D eigenvalue weighted by Gasteiger charge is -2.19. The van der Waals surface area contributed by atoms with Crippen molar-refractivity contribution in [3.05, 3.63) is 23.9 Å². The van der Waals surface area contributed by atoms with Gasteiger partial charge in [0.25, 0.3) is 0 Å². The Balaban J connectivity index is 2.56. The number of ether oxygens (including phenoxy) is 1. The van der Waals surface area contributed by atoms with Gasteiger partial charge in [-0.25, -0.2) is 9.78 Å². The van der Waals surface area contributed by atoms with Gasteiger partial charge in [0.05, 0.1) is 0 Å². The Bertz CT molecular complexity index is 354. The number of aromatic nitrogens is 1. The van der Waals surface area contributed by atoms with Gasteiger partial charge in [0.15, 0.2) is 0 Å². The van der Waals surface area contributed by atoms with Crippen LogP contribution in [0, 0.1) is 0 Å². The standard InChI is InChI=1S/C11H17N3O2/c1-11(2,3)16-10(15)14-9-5-4-8(6-12)7-13-9/h4-5,7H,6,12H2,1-3H3,(H,13,14,15)/p+1. The smallest absolute Gasteiger partial charge is 0.413 e. The summed E-state index contributed by atoms with van der Waals surface area (Å²) in [4.78, 5) is 15.5. The van der Waals surface area contributed by atoms with E-state index < -0.39 is 11.7 Å². The monoisotopic (exact) mass is 224 g/mol. The molecule has 0 fully saturated rings. The van der Waals surface area contributed by atoms with E-state index in [0.717, 1.165) is 5.56 Å². The highest BCUT2D eigenvalue weighted by molar-refractivity contribution is 5.83. The summed E-state index contributed by atoms with van der Waals surface area (Å²) in [6.45, 7) is 6.11. The summed E-state index contributed by atoms with van der Waals surface area (Å²) < 4.78 is 5.10. The van der Waals surface area contributed by atoms with Crippen LogP contribution in [0.3, 0.4) is 0 Å². The molecular weight excluding hydrogens is 206 g/mol. The molecule has 0 saturated carbocycles. The van der Waals surface area contributed by atoms with E-state index in [-0.39, 0.29) is 0 Å². The van der Waals surface area contributed by atoms with Crippen LogP contribution in [0.4, 0.5) is 10.6 Å². The van der Waals surface area contributed by atoms with Crippen LogP contribution < -0.4 is 11.1 Å². The summed E-state index contributed by atoms with van der Waals surface area (Å²) in [7, 11) is 0. The number of hydrogen-bond donors (Lipinski definition) is 2. The van der Waals surface area contributed by atoms with E-state index in [0.29, 0.717) is 12.4 Å². The van der Waals surface area contributed by atoms with Crippen molar-refractivity contribution in [1.82, 2.24) is 4.98 Å². The van der Waals surface area contributed by atoms with Crippen LogP contribution in [0.25, 0.3) is 0 Å². The van der Waals surface area contributed by atoms with E-state index >= 15 is 0 Å². The molecule has 1 aromatic rings. The Morgan fingerprint density at radius 2 is 2.19 bits per heavy atom. The molecule has 1 rings (SSSR count). The highest BCUT2D eigenvalue weighted by Crippen LogP contribution is 2.10. The van der Waals surface area contributed by atoms with Crippen molar-refractivity contribution >= 4 is 11.9 Å². The SMILES string of the molecule is CC(C)(C)OC(=O)Nc1ccc(C[NH3+])cn1. The molecule has 0 unspecified atom stereocenters. The first kappa shape index (κ1) is 12.4. The van der Waals surface area contributed by atoms with Crippen molar-refractivity contribution < 1.29 is 15.3 Å². The fourth-order valence-corrected chi connectivity index (χ4v) is 1.05. The van der Waals surface area contributed by atoms with Gasteiger partial charge in [-0.05, 0) is 32.9 Å². The van der Waals surface area contributed by atoms with Crippen LogP contribution in [-0.4, -0.2) is 16.7 Å². The number of quaternary nitrogens is 1. The first-order valence-corrected chi connectivity index (χ1v) is 5.15. The zero-order valence-corrected chi connectivity index (χ0v) is 9.91. The molecule has 0 bridgehead atoms. The number of carbonyl (C=O) groups excluding carboxylic acids is 1. The highest BCUT2D eigenvalue weighted by Gasteiger charge is 2.16. The van der Waals surface area contributed by atoms with Gasteiger partial charge in [0, 0.05) is 11.8 Å². The molecule has 0 aromatic carbocycles. The number of anilines is 1. The maximum atomic E-state index is 11.4. The van der Waals surface area contributed by atoms with Crippen LogP contribution in [-0.2, 0) is 11.3 Å². The maximum Gasteiger partial charge on any atom is 0.413 e. The normalized spacial score (nSPS) is 11.0. The second-order valence-electron chi connectivity index (χ2n) is 4.43. The van der Waals surface area contributed by atoms with Gasteiger partial charge in [-0.2, -0.15) is 0 Å². The third kappa shape index (κ3) is 4.27. The first-order chi connectivity index (χ1) is 7.40. The maximum absolute atomic E-state index is 11.4. The topological polar surface area (TPSA) is 78.9 Å². The lowest BCUT2D eigenvalue weighted by atomic mass is 10.2. The third-order valence-corrected chi connectivity index (χ3v) is 1.74. The molecule has 0 aliphatic rings. The molecule has 0 aliphatic heterocycles. The summed E-state index contributed by atoms with van der Waals surface area (Å²) >= 11 is 0. The molecule has 0 radical (unpaired) electrons. The summed E-state index contributed by atoms with van der Waals surface area (Å²) in [6, 6.07) is 3.59. The number of nitrogens with one attached hydrogen (secondary N) is 1. The number of carbonyl (C=O) groups is 1. The van der Waals surface area contributed by atoms with Crippen LogP contribution in [0.2, 0.25) is 0 Å². The van der Waals surface area contributed by atoms with E-state index in [2.05, 4.69) is 16.0 Å². The van der Waals surface area contributed by atoms with Crippen molar-refractivity contribution in [3.63, 3.8) is 0 Å². The molecule has 1 aromatic heterocycles. The lowest BCUT2D eigenvalue weighted by molar-refractivity contribution is -0.386. The molecule has 16 heavy (non-hydrogen) atoms. The molecule has 0 aliphatic carbocycles. The van der Waals surface area contributed by atoms with Gasteiger partial charge in [-0.1, -0.05) is 0 Å². The Morgan fingerprint density at radius 1 is 1.50 bits per heavy atom. The fourth-order valence-electron chi connectivity index (χ4n) is 1.05. The average Bonchev–Trinajstić information content (AvgIpc) is 2.16. The minimum absolute atomic E-state index is 0.478. The van der Waals surface area contributed by atoms with Crippen molar-refractivity contribution in [2.24, 2.45) is 0 Å². The predicted molar refractivity (Wildman–Crippen MR) is 60.7 cm³/mol. The number of rotatable bonds is 2. The second kappa shape index (κ2) is 4.94. The van der Waals surface area contributed by atoms with Crippen LogP contribution in [0.5, 0.6) is 0 Å². The molecule has 0 saturated heterocycles. The van der Waals surface area contributed by atoms with E-state index in [1.807, 2.05) is 26.8 Å². The van der Waals surface area contributed by atoms with Gasteiger partial charge in [0.2, 0.25) is 0 Å². The average molecular weight is 224 g/mol. The zero-order valence-electron chi connectivity index (χ0n) is 9.91. The van der Waals surface area contributed by atoms with E-state index in [4.69, 9.17) is 4.74 Å². The molecule has 0 spiro atoms. The number of pyridine rings is 1. The molecule has 88 valence electrons. The lowest BCUT2D eigenvalue weighted by Crippen LogP contribution is -2.47. The molecule has 5 nitrogen and oxygen atoms in total. The van der Waals surface area contributed by atoms with E-state index in [1.165, 1.54) is 0 Å². The minimum Gasteiger partial charge on any atom is -0.444 e. The Labute approximate surface area is 95.0 Å². The van der Waals surface area contributed by atoms with Crippen molar-refractivity contribution in [2.75, 3.05) is 5.32 Å².